The van der Waals surface area contributed by atoms with E-state index < -0.39 is 35.3 Å². The van der Waals surface area contributed by atoms with E-state index in [1.807, 2.05) is 78.9 Å². The SMILES string of the molecule is COc1ccc(C(OC[C@@]2(CO)COC[C@H](n3ccc(=O)[nH]c3=O)O2)(c2ccccc2)c2ccc(OC)cc2)cc1. The Morgan fingerprint density at radius 3 is 2.02 bits per heavy atom. The van der Waals surface area contributed by atoms with E-state index in [1.54, 1.807) is 14.2 Å². The Bertz CT molecular complexity index is 1500. The van der Waals surface area contributed by atoms with Gasteiger partial charge in [0.1, 0.15) is 22.7 Å². The molecule has 1 aromatic heterocycles. The Morgan fingerprint density at radius 2 is 1.49 bits per heavy atom. The van der Waals surface area contributed by atoms with Gasteiger partial charge in [0, 0.05) is 12.3 Å². The third-order valence-corrected chi connectivity index (χ3v) is 7.19. The maximum Gasteiger partial charge on any atom is 0.330 e. The number of benzene rings is 3. The van der Waals surface area contributed by atoms with Gasteiger partial charge in [0.05, 0.1) is 40.6 Å². The van der Waals surface area contributed by atoms with E-state index in [0.29, 0.717) is 11.5 Å². The fourth-order valence-electron chi connectivity index (χ4n) is 5.01. The second kappa shape index (κ2) is 12.1. The highest BCUT2D eigenvalue weighted by atomic mass is 16.6. The van der Waals surface area contributed by atoms with Crippen LogP contribution in [0.25, 0.3) is 0 Å². The van der Waals surface area contributed by atoms with Gasteiger partial charge in [-0.15, -0.1) is 0 Å². The summed E-state index contributed by atoms with van der Waals surface area (Å²) in [5, 5.41) is 10.6. The van der Waals surface area contributed by atoms with Crippen molar-refractivity contribution in [3.05, 3.63) is 129 Å². The maximum atomic E-state index is 12.5. The van der Waals surface area contributed by atoms with Crippen LogP contribution in [-0.2, 0) is 19.8 Å². The Hall–Kier alpha value is -4.22. The number of aliphatic hydroxyl groups excluding tert-OH is 1. The summed E-state index contributed by atoms with van der Waals surface area (Å²) >= 11 is 0. The van der Waals surface area contributed by atoms with E-state index in [9.17, 15) is 14.7 Å². The molecule has 5 rings (SSSR count). The largest absolute Gasteiger partial charge is 0.497 e. The number of ether oxygens (including phenoxy) is 5. The van der Waals surface area contributed by atoms with Gasteiger partial charge in [-0.2, -0.15) is 0 Å². The molecule has 214 valence electrons. The Morgan fingerprint density at radius 1 is 0.902 bits per heavy atom. The van der Waals surface area contributed by atoms with Crippen molar-refractivity contribution in [2.75, 3.05) is 40.6 Å². The number of aliphatic hydroxyl groups is 1. The summed E-state index contributed by atoms with van der Waals surface area (Å²) in [6.45, 7) is -0.481. The van der Waals surface area contributed by atoms with Gasteiger partial charge in [0.25, 0.3) is 5.56 Å². The highest BCUT2D eigenvalue weighted by Crippen LogP contribution is 2.43. The fraction of sp³-hybridized carbons (Fsp3) is 0.290. The van der Waals surface area contributed by atoms with Gasteiger partial charge in [-0.3, -0.25) is 14.3 Å². The lowest BCUT2D eigenvalue weighted by molar-refractivity contribution is -0.261. The quantitative estimate of drug-likeness (QED) is 0.284. The minimum Gasteiger partial charge on any atom is -0.497 e. The predicted octanol–water partition coefficient (Wildman–Crippen LogP) is 2.84. The summed E-state index contributed by atoms with van der Waals surface area (Å²) in [7, 11) is 3.21. The van der Waals surface area contributed by atoms with Crippen LogP contribution < -0.4 is 20.7 Å². The summed E-state index contributed by atoms with van der Waals surface area (Å²) in [5.74, 6) is 1.38. The van der Waals surface area contributed by atoms with Crippen molar-refractivity contribution in [3.63, 3.8) is 0 Å². The first kappa shape index (κ1) is 28.3. The van der Waals surface area contributed by atoms with Crippen LogP contribution in [0.5, 0.6) is 11.5 Å². The lowest BCUT2D eigenvalue weighted by Crippen LogP contribution is -2.54. The van der Waals surface area contributed by atoms with Crippen molar-refractivity contribution in [1.82, 2.24) is 9.55 Å². The van der Waals surface area contributed by atoms with Gasteiger partial charge in [0.2, 0.25) is 0 Å². The molecule has 2 atom stereocenters. The van der Waals surface area contributed by atoms with Gasteiger partial charge in [-0.1, -0.05) is 54.6 Å². The van der Waals surface area contributed by atoms with Crippen molar-refractivity contribution < 1.29 is 28.8 Å². The summed E-state index contributed by atoms with van der Waals surface area (Å²) < 4.78 is 31.1. The molecule has 41 heavy (non-hydrogen) atoms. The van der Waals surface area contributed by atoms with Crippen molar-refractivity contribution >= 4 is 0 Å². The van der Waals surface area contributed by atoms with Crippen molar-refractivity contribution in [1.29, 1.82) is 0 Å². The molecule has 10 heteroatoms. The third kappa shape index (κ3) is 5.68. The number of aromatic nitrogens is 2. The van der Waals surface area contributed by atoms with Gasteiger partial charge < -0.3 is 28.8 Å². The van der Waals surface area contributed by atoms with Gasteiger partial charge >= 0.3 is 5.69 Å². The Balaban J connectivity index is 1.59. The molecule has 0 aliphatic carbocycles. The van der Waals surface area contributed by atoms with Crippen LogP contribution in [0, 0.1) is 0 Å². The number of nitrogens with zero attached hydrogens (tertiary/aromatic N) is 1. The molecule has 0 radical (unpaired) electrons. The van der Waals surface area contributed by atoms with Gasteiger partial charge in [0.15, 0.2) is 6.23 Å². The molecular weight excluding hydrogens is 528 g/mol. The molecule has 4 aromatic rings. The van der Waals surface area contributed by atoms with Crippen LogP contribution in [0.3, 0.4) is 0 Å². The zero-order valence-electron chi connectivity index (χ0n) is 22.8. The first-order valence-electron chi connectivity index (χ1n) is 13.1. The van der Waals surface area contributed by atoms with Crippen LogP contribution in [-0.4, -0.2) is 60.9 Å². The van der Waals surface area contributed by atoms with Crippen molar-refractivity contribution in [3.8, 4) is 11.5 Å². The molecule has 1 aliphatic heterocycles. The smallest absolute Gasteiger partial charge is 0.330 e. The minimum absolute atomic E-state index is 0.0220. The summed E-state index contributed by atoms with van der Waals surface area (Å²) in [4.78, 5) is 26.3. The summed E-state index contributed by atoms with van der Waals surface area (Å²) in [5.41, 5.74) is -1.17. The number of hydrogen-bond acceptors (Lipinski definition) is 8. The van der Waals surface area contributed by atoms with E-state index in [2.05, 4.69) is 4.98 Å². The van der Waals surface area contributed by atoms with E-state index in [0.717, 1.165) is 16.7 Å². The average Bonchev–Trinajstić information content (AvgIpc) is 3.02. The van der Waals surface area contributed by atoms with Crippen molar-refractivity contribution in [2.45, 2.75) is 17.4 Å². The monoisotopic (exact) mass is 560 g/mol. The molecule has 0 amide bonds. The van der Waals surface area contributed by atoms with Crippen LogP contribution in [0.1, 0.15) is 22.9 Å². The summed E-state index contributed by atoms with van der Waals surface area (Å²) in [6.07, 6.45) is 0.448. The topological polar surface area (TPSA) is 121 Å². The molecule has 0 saturated carbocycles. The van der Waals surface area contributed by atoms with E-state index >= 15 is 0 Å². The zero-order chi connectivity index (χ0) is 28.9. The first-order chi connectivity index (χ1) is 19.9. The first-order valence-corrected chi connectivity index (χ1v) is 13.1. The molecular formula is C31H32N2O8. The second-order valence-electron chi connectivity index (χ2n) is 9.74. The number of hydrogen-bond donors (Lipinski definition) is 2. The molecule has 1 saturated heterocycles. The minimum atomic E-state index is -1.32. The number of nitrogens with one attached hydrogen (secondary N) is 1. The third-order valence-electron chi connectivity index (χ3n) is 7.19. The molecule has 1 fully saturated rings. The Kier molecular flexibility index (Phi) is 8.36. The van der Waals surface area contributed by atoms with E-state index in [-0.39, 0.29) is 19.8 Å². The summed E-state index contributed by atoms with van der Waals surface area (Å²) in [6, 6.07) is 26.1. The Labute approximate surface area is 236 Å². The molecule has 0 bridgehead atoms. The fourth-order valence-corrected chi connectivity index (χ4v) is 5.01. The molecule has 2 N–H and O–H groups in total. The highest BCUT2D eigenvalue weighted by Gasteiger charge is 2.45. The molecule has 2 heterocycles. The van der Waals surface area contributed by atoms with Crippen LogP contribution >= 0.6 is 0 Å². The average molecular weight is 561 g/mol. The number of rotatable bonds is 10. The van der Waals surface area contributed by atoms with Crippen LogP contribution in [0.2, 0.25) is 0 Å². The molecule has 1 aliphatic rings. The highest BCUT2D eigenvalue weighted by molar-refractivity contribution is 5.49. The molecule has 10 nitrogen and oxygen atoms in total. The lowest BCUT2D eigenvalue weighted by Gasteiger charge is -2.43. The molecule has 3 aromatic carbocycles. The van der Waals surface area contributed by atoms with Gasteiger partial charge in [-0.05, 0) is 41.0 Å². The number of H-pyrrole nitrogens is 1. The number of aromatic amines is 1. The molecule has 0 spiro atoms. The van der Waals surface area contributed by atoms with E-state index in [1.165, 1.54) is 16.8 Å². The van der Waals surface area contributed by atoms with E-state index in [4.69, 9.17) is 23.7 Å². The van der Waals surface area contributed by atoms with Crippen LogP contribution in [0.15, 0.2) is 101 Å². The standard InChI is InChI=1S/C31H32N2O8/c1-37-25-12-8-23(9-13-25)31(22-6-4-3-5-7-22,24-10-14-26(38-2)15-11-24)40-21-30(19-34)20-39-18-28(41-30)33-17-16-27(35)32-29(33)36/h3-17,28,34H,18-21H2,1-2H3,(H,32,35,36)/t28-,30-/m1/s1. The van der Waals surface area contributed by atoms with Crippen LogP contribution in [0.4, 0.5) is 0 Å². The van der Waals surface area contributed by atoms with Gasteiger partial charge in [-0.25, -0.2) is 4.79 Å². The maximum absolute atomic E-state index is 12.5. The normalized spacial score (nSPS) is 19.0. The predicted molar refractivity (Wildman–Crippen MR) is 150 cm³/mol. The second-order valence-corrected chi connectivity index (χ2v) is 9.74. The lowest BCUT2D eigenvalue weighted by atomic mass is 9.79. The molecule has 0 unspecified atom stereocenters. The zero-order valence-corrected chi connectivity index (χ0v) is 22.8. The number of methoxy groups -OCH3 is 2. The van der Waals surface area contributed by atoms with Crippen molar-refractivity contribution in [2.24, 2.45) is 0 Å².